The normalized spacial score (nSPS) is 10.4. The maximum absolute atomic E-state index is 12.1. The van der Waals surface area contributed by atoms with Gasteiger partial charge in [-0.15, -0.1) is 0 Å². The third-order valence-corrected chi connectivity index (χ3v) is 3.15. The molecular formula is C17H14N2O. The topological polar surface area (TPSA) is 42.0 Å². The molecule has 0 bridgehead atoms. The number of amides is 1. The van der Waals surface area contributed by atoms with Crippen LogP contribution < -0.4 is 5.32 Å². The molecule has 3 heteroatoms. The summed E-state index contributed by atoms with van der Waals surface area (Å²) in [7, 11) is 0. The largest absolute Gasteiger partial charge is 0.348 e. The van der Waals surface area contributed by atoms with Crippen molar-refractivity contribution in [2.75, 3.05) is 0 Å². The number of rotatable bonds is 3. The number of nitrogens with zero attached hydrogens (tertiary/aromatic N) is 1. The fourth-order valence-electron chi connectivity index (χ4n) is 2.08. The Morgan fingerprint density at radius 3 is 2.60 bits per heavy atom. The lowest BCUT2D eigenvalue weighted by Gasteiger charge is -2.06. The molecule has 1 aromatic heterocycles. The van der Waals surface area contributed by atoms with Crippen molar-refractivity contribution in [1.29, 1.82) is 0 Å². The first-order valence-electron chi connectivity index (χ1n) is 6.50. The number of carbonyl (C=O) groups is 1. The SMILES string of the molecule is O=C(NCc1ccccc1)c1cnc2ccccc2c1. The van der Waals surface area contributed by atoms with Gasteiger partial charge < -0.3 is 5.32 Å². The van der Waals surface area contributed by atoms with Gasteiger partial charge in [-0.1, -0.05) is 48.5 Å². The van der Waals surface area contributed by atoms with Crippen molar-refractivity contribution in [2.45, 2.75) is 6.54 Å². The summed E-state index contributed by atoms with van der Waals surface area (Å²) in [5.74, 6) is -0.105. The van der Waals surface area contributed by atoms with Gasteiger partial charge in [0.2, 0.25) is 0 Å². The molecule has 1 amide bonds. The first-order chi connectivity index (χ1) is 9.83. The molecule has 0 aliphatic carbocycles. The van der Waals surface area contributed by atoms with Crippen LogP contribution in [0, 0.1) is 0 Å². The number of pyridine rings is 1. The molecule has 98 valence electrons. The maximum atomic E-state index is 12.1. The van der Waals surface area contributed by atoms with Gasteiger partial charge >= 0.3 is 0 Å². The van der Waals surface area contributed by atoms with Crippen LogP contribution in [-0.4, -0.2) is 10.9 Å². The zero-order chi connectivity index (χ0) is 13.8. The van der Waals surface area contributed by atoms with Crippen LogP contribution in [-0.2, 0) is 6.54 Å². The molecule has 0 unspecified atom stereocenters. The van der Waals surface area contributed by atoms with E-state index >= 15 is 0 Å². The highest BCUT2D eigenvalue weighted by molar-refractivity contribution is 5.97. The molecule has 0 aliphatic rings. The summed E-state index contributed by atoms with van der Waals surface area (Å²) >= 11 is 0. The van der Waals surface area contributed by atoms with Gasteiger partial charge in [0.1, 0.15) is 0 Å². The smallest absolute Gasteiger partial charge is 0.253 e. The molecule has 20 heavy (non-hydrogen) atoms. The number of fused-ring (bicyclic) bond motifs is 1. The molecule has 3 rings (SSSR count). The standard InChI is InChI=1S/C17H14N2O/c20-17(19-11-13-6-2-1-3-7-13)15-10-14-8-4-5-9-16(14)18-12-15/h1-10,12H,11H2,(H,19,20). The molecule has 3 nitrogen and oxygen atoms in total. The summed E-state index contributed by atoms with van der Waals surface area (Å²) < 4.78 is 0. The van der Waals surface area contributed by atoms with E-state index in [1.54, 1.807) is 6.20 Å². The second kappa shape index (κ2) is 5.53. The average Bonchev–Trinajstić information content (AvgIpc) is 2.53. The lowest BCUT2D eigenvalue weighted by atomic mass is 10.1. The van der Waals surface area contributed by atoms with Crippen LogP contribution in [0.5, 0.6) is 0 Å². The van der Waals surface area contributed by atoms with Crippen molar-refractivity contribution in [1.82, 2.24) is 10.3 Å². The Hall–Kier alpha value is -2.68. The van der Waals surface area contributed by atoms with Crippen molar-refractivity contribution >= 4 is 16.8 Å². The van der Waals surface area contributed by atoms with Gasteiger partial charge in [0.05, 0.1) is 11.1 Å². The Morgan fingerprint density at radius 2 is 1.75 bits per heavy atom. The number of benzene rings is 2. The number of para-hydroxylation sites is 1. The summed E-state index contributed by atoms with van der Waals surface area (Å²) in [6.07, 6.45) is 1.61. The Morgan fingerprint density at radius 1 is 1.00 bits per heavy atom. The zero-order valence-corrected chi connectivity index (χ0v) is 10.9. The molecule has 0 saturated heterocycles. The summed E-state index contributed by atoms with van der Waals surface area (Å²) in [5.41, 5.74) is 2.56. The van der Waals surface area contributed by atoms with Crippen molar-refractivity contribution in [2.24, 2.45) is 0 Å². The van der Waals surface area contributed by atoms with Gasteiger partial charge in [-0.05, 0) is 17.7 Å². The van der Waals surface area contributed by atoms with E-state index in [9.17, 15) is 4.79 Å². The van der Waals surface area contributed by atoms with Crippen molar-refractivity contribution in [3.05, 3.63) is 78.0 Å². The highest BCUT2D eigenvalue weighted by Gasteiger charge is 2.06. The monoisotopic (exact) mass is 262 g/mol. The summed E-state index contributed by atoms with van der Waals surface area (Å²) in [5, 5.41) is 3.87. The van der Waals surface area contributed by atoms with Crippen molar-refractivity contribution in [3.8, 4) is 0 Å². The summed E-state index contributed by atoms with van der Waals surface area (Å²) in [6, 6.07) is 19.5. The van der Waals surface area contributed by atoms with E-state index in [1.807, 2.05) is 60.7 Å². The van der Waals surface area contributed by atoms with E-state index in [4.69, 9.17) is 0 Å². The van der Waals surface area contributed by atoms with E-state index in [-0.39, 0.29) is 5.91 Å². The Labute approximate surface area is 117 Å². The fraction of sp³-hybridized carbons (Fsp3) is 0.0588. The molecule has 3 aromatic rings. The molecule has 1 heterocycles. The van der Waals surface area contributed by atoms with Gasteiger partial charge in [-0.25, -0.2) is 0 Å². The second-order valence-electron chi connectivity index (χ2n) is 4.58. The predicted molar refractivity (Wildman–Crippen MR) is 79.4 cm³/mol. The minimum Gasteiger partial charge on any atom is -0.348 e. The number of hydrogen-bond donors (Lipinski definition) is 1. The minimum absolute atomic E-state index is 0.105. The summed E-state index contributed by atoms with van der Waals surface area (Å²) in [4.78, 5) is 16.4. The second-order valence-corrected chi connectivity index (χ2v) is 4.58. The first-order valence-corrected chi connectivity index (χ1v) is 6.50. The van der Waals surface area contributed by atoms with Crippen LogP contribution >= 0.6 is 0 Å². The molecule has 0 atom stereocenters. The number of hydrogen-bond acceptors (Lipinski definition) is 2. The van der Waals surface area contributed by atoms with Crippen LogP contribution in [0.2, 0.25) is 0 Å². The minimum atomic E-state index is -0.105. The Kier molecular flexibility index (Phi) is 3.42. The maximum Gasteiger partial charge on any atom is 0.253 e. The fourth-order valence-corrected chi connectivity index (χ4v) is 2.08. The zero-order valence-electron chi connectivity index (χ0n) is 10.9. The van der Waals surface area contributed by atoms with Gasteiger partial charge in [-0.3, -0.25) is 9.78 Å². The van der Waals surface area contributed by atoms with Crippen LogP contribution in [0.1, 0.15) is 15.9 Å². The van der Waals surface area contributed by atoms with Gasteiger partial charge in [0.15, 0.2) is 0 Å². The highest BCUT2D eigenvalue weighted by atomic mass is 16.1. The molecule has 0 saturated carbocycles. The number of carbonyl (C=O) groups excluding carboxylic acids is 1. The number of nitrogens with one attached hydrogen (secondary N) is 1. The first kappa shape index (κ1) is 12.4. The Balaban J connectivity index is 1.75. The predicted octanol–water partition coefficient (Wildman–Crippen LogP) is 3.16. The molecular weight excluding hydrogens is 248 g/mol. The molecule has 0 radical (unpaired) electrons. The van der Waals surface area contributed by atoms with Crippen LogP contribution in [0.4, 0.5) is 0 Å². The van der Waals surface area contributed by atoms with E-state index in [0.717, 1.165) is 16.5 Å². The quantitative estimate of drug-likeness (QED) is 0.787. The average molecular weight is 262 g/mol. The summed E-state index contributed by atoms with van der Waals surface area (Å²) in [6.45, 7) is 0.520. The van der Waals surface area contributed by atoms with Gasteiger partial charge in [-0.2, -0.15) is 0 Å². The van der Waals surface area contributed by atoms with E-state index in [1.165, 1.54) is 0 Å². The molecule has 0 aliphatic heterocycles. The van der Waals surface area contributed by atoms with Crippen LogP contribution in [0.25, 0.3) is 10.9 Å². The van der Waals surface area contributed by atoms with Crippen LogP contribution in [0.15, 0.2) is 66.9 Å². The highest BCUT2D eigenvalue weighted by Crippen LogP contribution is 2.12. The molecule has 2 aromatic carbocycles. The third-order valence-electron chi connectivity index (χ3n) is 3.15. The molecule has 1 N–H and O–H groups in total. The van der Waals surface area contributed by atoms with E-state index in [0.29, 0.717) is 12.1 Å². The third kappa shape index (κ3) is 2.67. The lowest BCUT2D eigenvalue weighted by molar-refractivity contribution is 0.0950. The Bertz CT molecular complexity index is 738. The van der Waals surface area contributed by atoms with Crippen molar-refractivity contribution in [3.63, 3.8) is 0 Å². The van der Waals surface area contributed by atoms with Crippen LogP contribution in [0.3, 0.4) is 0 Å². The van der Waals surface area contributed by atoms with Crippen molar-refractivity contribution < 1.29 is 4.79 Å². The lowest BCUT2D eigenvalue weighted by Crippen LogP contribution is -2.22. The molecule has 0 fully saturated rings. The van der Waals surface area contributed by atoms with E-state index in [2.05, 4.69) is 10.3 Å². The van der Waals surface area contributed by atoms with Gasteiger partial charge in [0.25, 0.3) is 5.91 Å². The number of aromatic nitrogens is 1. The van der Waals surface area contributed by atoms with E-state index < -0.39 is 0 Å². The molecule has 0 spiro atoms. The van der Waals surface area contributed by atoms with Gasteiger partial charge in [0, 0.05) is 18.1 Å².